The van der Waals surface area contributed by atoms with E-state index in [1.54, 1.807) is 118 Å². The number of alkyl carbamates (subject to hydrolysis) is 4. The van der Waals surface area contributed by atoms with Crippen molar-refractivity contribution in [3.8, 4) is 16.9 Å². The van der Waals surface area contributed by atoms with Crippen LogP contribution in [0.3, 0.4) is 0 Å². The zero-order chi connectivity index (χ0) is 87.8. The molecule has 3 aromatic rings. The minimum absolute atomic E-state index is 0.0275. The van der Waals surface area contributed by atoms with E-state index in [1.165, 1.54) is 0 Å². The zero-order valence-electron chi connectivity index (χ0n) is 71.8. The van der Waals surface area contributed by atoms with Crippen molar-refractivity contribution in [3.05, 3.63) is 81.9 Å². The van der Waals surface area contributed by atoms with Gasteiger partial charge in [0.2, 0.25) is 35.5 Å². The Morgan fingerprint density at radius 3 is 1.33 bits per heavy atom. The van der Waals surface area contributed by atoms with Gasteiger partial charge in [0, 0.05) is 56.1 Å². The molecule has 0 saturated carbocycles. The Morgan fingerprint density at radius 1 is 0.504 bits per heavy atom. The Balaban J connectivity index is 1.50. The van der Waals surface area contributed by atoms with Crippen LogP contribution in [-0.2, 0) is 78.4 Å². The van der Waals surface area contributed by atoms with Gasteiger partial charge in [-0.15, -0.1) is 0 Å². The van der Waals surface area contributed by atoms with E-state index in [0.29, 0.717) is 29.7 Å². The molecular weight excluding hydrogens is 1530 g/mol. The zero-order valence-corrected chi connectivity index (χ0v) is 72.7. The summed E-state index contributed by atoms with van der Waals surface area (Å²) in [6, 6.07) is 5.81. The first kappa shape index (κ1) is 97.6. The number of nitrogens with one attached hydrogen (secondary N) is 10. The molecule has 5 rings (SSSR count). The third-order valence-electron chi connectivity index (χ3n) is 18.3. The molecule has 13 N–H and O–H groups in total. The summed E-state index contributed by atoms with van der Waals surface area (Å²) in [6.07, 6.45) is -3.05. The Bertz CT molecular complexity index is 4090. The van der Waals surface area contributed by atoms with Gasteiger partial charge in [0.15, 0.2) is 0 Å². The highest BCUT2D eigenvalue weighted by Crippen LogP contribution is 2.46. The molecule has 34 heteroatoms. The third kappa shape index (κ3) is 33.9. The maximum atomic E-state index is 15.3. The summed E-state index contributed by atoms with van der Waals surface area (Å²) < 4.78 is 70.6. The minimum atomic E-state index is -4.37. The molecule has 652 valence electrons. The lowest BCUT2D eigenvalue weighted by molar-refractivity contribution is -0.155. The van der Waals surface area contributed by atoms with Gasteiger partial charge in [-0.2, -0.15) is 0 Å². The summed E-state index contributed by atoms with van der Waals surface area (Å²) in [4.78, 5) is 157. The molecule has 0 radical (unpaired) electrons. The largest absolute Gasteiger partial charge is 0.487 e. The van der Waals surface area contributed by atoms with Crippen LogP contribution < -0.4 is 63.0 Å². The number of ether oxygens (including phenoxy) is 7. The van der Waals surface area contributed by atoms with Gasteiger partial charge in [-0.25, -0.2) is 37.1 Å². The fraction of sp³-hybridized carbons (Fsp3) is 0.639. The number of carbonyl (C=O) groups is 11. The Morgan fingerprint density at radius 2 is 0.897 bits per heavy atom. The van der Waals surface area contributed by atoms with Gasteiger partial charge >= 0.3 is 36.3 Å². The lowest BCUT2D eigenvalue weighted by atomic mass is 9.93. The Labute approximate surface area is 688 Å². The van der Waals surface area contributed by atoms with Crippen LogP contribution in [0.2, 0.25) is 0 Å². The number of nitrogens with two attached hydrogens (primary N) is 1. The standard InChI is InChI=1S/C83H128N12O21S/c1-49-50(2)66(51(3)65-56(49)46-83(19,20)113-65)117(108,109)95-73(84)85-45-31-39-60(94-77(107)110-47-57-54-34-23-21-32-52(54)53-33-22-24-35-55(53)57)69(99)89-58(36-25-28-42-86-74(104)114-80(10,11)12)67(97)91-61(40-41-64(96)112-79(7,8)9)70(100)93-63(48-111-78(4,5)6)71(101)90-59(37-26-29-43-87-75(105)115-81(13,14)15)68(98)92-62(72(102)103)38-27-30-44-88-76(106)116-82(16,17)18/h21-24,32-35,57-63H,25-31,36-48H2,1-20H3,(H,86,104)(H,87,105)(H,88,106)(H,89,99)(H,90,101)(H,91,97)(H,92,98)(H,93,100)(H,94,107)(H,102,103)(H3,84,85,95)/t58-,59-,60-,61-,62-,63-/m0/s1. The van der Waals surface area contributed by atoms with Gasteiger partial charge in [-0.05, 0) is 249 Å². The minimum Gasteiger partial charge on any atom is -0.487 e. The molecule has 6 atom stereocenters. The van der Waals surface area contributed by atoms with Gasteiger partial charge < -0.3 is 91.8 Å². The fourth-order valence-electron chi connectivity index (χ4n) is 13.0. The monoisotopic (exact) mass is 1660 g/mol. The number of hydrogen-bond donors (Lipinski definition) is 12. The van der Waals surface area contributed by atoms with Crippen LogP contribution in [0.1, 0.15) is 240 Å². The average molecular weight is 1660 g/mol. The molecule has 0 spiro atoms. The smallest absolute Gasteiger partial charge is 0.407 e. The highest BCUT2D eigenvalue weighted by molar-refractivity contribution is 7.90. The second-order valence-electron chi connectivity index (χ2n) is 35.1. The number of fused-ring (bicyclic) bond motifs is 4. The van der Waals surface area contributed by atoms with E-state index >= 15 is 14.4 Å². The molecule has 0 aromatic heterocycles. The van der Waals surface area contributed by atoms with Gasteiger partial charge in [0.1, 0.15) is 76.6 Å². The Kier molecular flexibility index (Phi) is 35.8. The maximum Gasteiger partial charge on any atom is 0.407 e. The number of hydrogen-bond acceptors (Lipinski definition) is 21. The summed E-state index contributed by atoms with van der Waals surface area (Å²) >= 11 is 0. The van der Waals surface area contributed by atoms with E-state index in [1.807, 2.05) is 69.3 Å². The quantitative estimate of drug-likeness (QED) is 0.00829. The molecule has 9 amide bonds. The lowest BCUT2D eigenvalue weighted by Gasteiger charge is -2.29. The van der Waals surface area contributed by atoms with Crippen LogP contribution in [0.15, 0.2) is 58.4 Å². The molecule has 0 bridgehead atoms. The molecule has 0 fully saturated rings. The molecule has 1 aliphatic heterocycles. The number of unbranched alkanes of at least 4 members (excludes halogenated alkanes) is 3. The van der Waals surface area contributed by atoms with E-state index in [0.717, 1.165) is 33.4 Å². The summed E-state index contributed by atoms with van der Waals surface area (Å²) in [5, 5.41) is 34.1. The van der Waals surface area contributed by atoms with Crippen LogP contribution in [0.5, 0.6) is 5.75 Å². The van der Waals surface area contributed by atoms with Crippen LogP contribution in [0, 0.1) is 20.8 Å². The average Bonchev–Trinajstić information content (AvgIpc) is 1.65. The number of carboxylic acid groups (broad SMARTS) is 1. The second kappa shape index (κ2) is 42.9. The van der Waals surface area contributed by atoms with Gasteiger partial charge in [-0.3, -0.25) is 33.8 Å². The van der Waals surface area contributed by atoms with Crippen molar-refractivity contribution in [2.45, 2.75) is 309 Å². The van der Waals surface area contributed by atoms with Crippen LogP contribution >= 0.6 is 0 Å². The van der Waals surface area contributed by atoms with Crippen LogP contribution in [-0.4, -0.2) is 195 Å². The first-order chi connectivity index (χ1) is 54.2. The molecule has 0 unspecified atom stereocenters. The molecule has 1 heterocycles. The molecular formula is C83H128N12O21S. The highest BCUT2D eigenvalue weighted by atomic mass is 32.2. The maximum absolute atomic E-state index is 15.3. The number of esters is 1. The predicted molar refractivity (Wildman–Crippen MR) is 439 cm³/mol. The lowest BCUT2D eigenvalue weighted by Crippen LogP contribution is -2.60. The fourth-order valence-corrected chi connectivity index (χ4v) is 14.5. The first-order valence-electron chi connectivity index (χ1n) is 40.0. The van der Waals surface area contributed by atoms with Crippen molar-refractivity contribution in [2.24, 2.45) is 10.7 Å². The molecule has 1 aliphatic carbocycles. The SMILES string of the molecule is Cc1c(C)c(S(=O)(=O)NC(N)=NCCC[C@H](NC(=O)OCC2c3ccccc3-c3ccccc32)C(=O)N[C@@H](CCCCNC(=O)OC(C)(C)C)C(=O)N[C@@H](CCC(=O)OC(C)(C)C)C(=O)N[C@@H](COC(C)(C)C)C(=O)N[C@@H](CCCCNC(=O)OC(C)(C)C)C(=O)N[C@@H](CCCCNC(=O)OC(C)(C)C)C(=O)O)c(C)c2c1CC(C)(C)O2. The van der Waals surface area contributed by atoms with E-state index in [-0.39, 0.29) is 102 Å². The molecule has 117 heavy (non-hydrogen) atoms. The summed E-state index contributed by atoms with van der Waals surface area (Å²) in [5.74, 6) is -7.56. The number of nitrogens with zero attached hydrogens (tertiary/aromatic N) is 1. The van der Waals surface area contributed by atoms with Crippen molar-refractivity contribution in [3.63, 3.8) is 0 Å². The van der Waals surface area contributed by atoms with Crippen molar-refractivity contribution in [1.82, 2.24) is 52.6 Å². The van der Waals surface area contributed by atoms with E-state index in [4.69, 9.17) is 38.9 Å². The topological polar surface area (TPSA) is 465 Å². The summed E-state index contributed by atoms with van der Waals surface area (Å²) in [7, 11) is -4.37. The highest BCUT2D eigenvalue weighted by Gasteiger charge is 2.40. The summed E-state index contributed by atoms with van der Waals surface area (Å²) in [6.45, 7) is 33.4. The molecule has 3 aromatic carbocycles. The number of guanidine groups is 1. The number of benzene rings is 3. The molecule has 0 saturated heterocycles. The molecule has 33 nitrogen and oxygen atoms in total. The van der Waals surface area contributed by atoms with Crippen LogP contribution in [0.25, 0.3) is 11.1 Å². The van der Waals surface area contributed by atoms with Gasteiger partial charge in [0.25, 0.3) is 10.0 Å². The third-order valence-corrected chi connectivity index (χ3v) is 20.0. The number of amides is 9. The summed E-state index contributed by atoms with van der Waals surface area (Å²) in [5.41, 5.74) is 7.58. The number of rotatable bonds is 40. The normalized spacial score (nSPS) is 14.9. The van der Waals surface area contributed by atoms with Crippen molar-refractivity contribution in [2.75, 3.05) is 39.4 Å². The number of aliphatic carboxylic acids is 1. The van der Waals surface area contributed by atoms with Crippen LogP contribution in [0.4, 0.5) is 19.2 Å². The predicted octanol–water partition coefficient (Wildman–Crippen LogP) is 9.14. The number of aliphatic imine (C=N–C) groups is 1. The van der Waals surface area contributed by atoms with Crippen molar-refractivity contribution >= 4 is 81.8 Å². The number of sulfonamides is 1. The van der Waals surface area contributed by atoms with Gasteiger partial charge in [-0.1, -0.05) is 48.5 Å². The van der Waals surface area contributed by atoms with E-state index in [9.17, 15) is 51.9 Å². The van der Waals surface area contributed by atoms with Crippen molar-refractivity contribution in [1.29, 1.82) is 0 Å². The van der Waals surface area contributed by atoms with Gasteiger partial charge in [0.05, 0.1) is 17.1 Å². The second-order valence-corrected chi connectivity index (χ2v) is 36.7. The number of carbonyl (C=O) groups excluding carboxylic acids is 10. The Hall–Kier alpha value is -9.99. The van der Waals surface area contributed by atoms with Crippen molar-refractivity contribution < 1.29 is 99.4 Å². The first-order valence-corrected chi connectivity index (χ1v) is 41.5. The molecule has 2 aliphatic rings. The number of carboxylic acids is 1. The van der Waals surface area contributed by atoms with E-state index < -0.39 is 177 Å². The van der Waals surface area contributed by atoms with E-state index in [2.05, 4.69) is 57.6 Å².